The molecule has 156 valence electrons. The Morgan fingerprint density at radius 1 is 1.34 bits per heavy atom. The van der Waals surface area contributed by atoms with E-state index in [1.165, 1.54) is 6.07 Å². The van der Waals surface area contributed by atoms with Gasteiger partial charge in [-0.1, -0.05) is 12.1 Å². The normalized spacial score (nSPS) is 22.1. The molecule has 4 rings (SSSR count). The van der Waals surface area contributed by atoms with Gasteiger partial charge in [-0.2, -0.15) is 4.98 Å². The fourth-order valence-electron chi connectivity index (χ4n) is 3.99. The third kappa shape index (κ3) is 4.58. The van der Waals surface area contributed by atoms with Crippen molar-refractivity contribution < 1.29 is 18.4 Å². The monoisotopic (exact) mass is 402 g/mol. The molecule has 2 aliphatic rings. The molecule has 3 heterocycles. The summed E-state index contributed by atoms with van der Waals surface area (Å²) in [6.07, 6.45) is 4.50. The summed E-state index contributed by atoms with van der Waals surface area (Å²) in [7, 11) is 0. The van der Waals surface area contributed by atoms with E-state index in [9.17, 15) is 9.18 Å². The second kappa shape index (κ2) is 8.90. The lowest BCUT2D eigenvalue weighted by molar-refractivity contribution is -0.125. The molecule has 0 spiro atoms. The van der Waals surface area contributed by atoms with E-state index in [1.807, 2.05) is 11.8 Å². The number of benzene rings is 1. The van der Waals surface area contributed by atoms with E-state index >= 15 is 0 Å². The number of piperidine rings is 1. The van der Waals surface area contributed by atoms with Crippen molar-refractivity contribution in [1.82, 2.24) is 15.5 Å². The van der Waals surface area contributed by atoms with Crippen LogP contribution in [0.15, 0.2) is 22.7 Å². The van der Waals surface area contributed by atoms with Gasteiger partial charge in [0.05, 0.1) is 17.7 Å². The summed E-state index contributed by atoms with van der Waals surface area (Å²) in [5, 5.41) is 6.86. The number of anilines is 1. The fraction of sp³-hybridized carbons (Fsp3) is 0.571. The minimum Gasteiger partial charge on any atom is -0.376 e. The van der Waals surface area contributed by atoms with Crippen molar-refractivity contribution in [1.29, 1.82) is 0 Å². The number of carbonyl (C=O) groups excluding carboxylic acids is 1. The summed E-state index contributed by atoms with van der Waals surface area (Å²) in [6, 6.07) is 4.93. The van der Waals surface area contributed by atoms with Crippen LogP contribution < -0.4 is 10.2 Å². The number of carbonyl (C=O) groups is 1. The maximum absolute atomic E-state index is 14.8. The molecule has 2 aromatic rings. The lowest BCUT2D eigenvalue weighted by Crippen LogP contribution is -2.44. The Morgan fingerprint density at radius 2 is 2.24 bits per heavy atom. The summed E-state index contributed by atoms with van der Waals surface area (Å²) in [5.74, 6) is 0.446. The Bertz CT molecular complexity index is 850. The van der Waals surface area contributed by atoms with Crippen LogP contribution >= 0.6 is 0 Å². The Balaban J connectivity index is 1.40. The number of halogens is 1. The molecule has 0 saturated carbocycles. The van der Waals surface area contributed by atoms with Crippen LogP contribution in [0, 0.1) is 11.7 Å². The van der Waals surface area contributed by atoms with E-state index in [2.05, 4.69) is 15.5 Å². The van der Waals surface area contributed by atoms with Crippen molar-refractivity contribution in [2.75, 3.05) is 31.1 Å². The van der Waals surface area contributed by atoms with Crippen molar-refractivity contribution >= 4 is 11.6 Å². The molecule has 1 N–H and O–H groups in total. The highest BCUT2D eigenvalue weighted by Crippen LogP contribution is 2.29. The number of rotatable bonds is 6. The summed E-state index contributed by atoms with van der Waals surface area (Å²) < 4.78 is 25.6. The van der Waals surface area contributed by atoms with Gasteiger partial charge in [-0.05, 0) is 43.9 Å². The highest BCUT2D eigenvalue weighted by atomic mass is 19.1. The second-order valence-electron chi connectivity index (χ2n) is 7.70. The highest BCUT2D eigenvalue weighted by Gasteiger charge is 2.28. The van der Waals surface area contributed by atoms with E-state index in [-0.39, 0.29) is 23.7 Å². The average molecular weight is 402 g/mol. The van der Waals surface area contributed by atoms with Crippen molar-refractivity contribution in [2.24, 2.45) is 5.92 Å². The number of nitrogens with one attached hydrogen (secondary N) is 1. The SMILES string of the molecule is CCc1noc(-c2ccc(N3CCCC(C(=O)NCC4CCCO4)C3)c(F)c2)n1. The van der Waals surface area contributed by atoms with Crippen LogP contribution in [-0.2, 0) is 16.0 Å². The third-order valence-corrected chi connectivity index (χ3v) is 5.64. The number of aryl methyl sites for hydroxylation is 1. The zero-order chi connectivity index (χ0) is 20.2. The maximum Gasteiger partial charge on any atom is 0.258 e. The standard InChI is InChI=1S/C21H27FN4O3/c1-2-19-24-21(29-25-19)14-7-8-18(17(22)11-14)26-9-3-5-15(13-26)20(27)23-12-16-6-4-10-28-16/h7-8,11,15-16H,2-6,9-10,12-13H2,1H3,(H,23,27). The first-order chi connectivity index (χ1) is 14.1. The third-order valence-electron chi connectivity index (χ3n) is 5.64. The number of amides is 1. The molecule has 0 bridgehead atoms. The first-order valence-corrected chi connectivity index (χ1v) is 10.4. The van der Waals surface area contributed by atoms with Crippen molar-refractivity contribution in [2.45, 2.75) is 45.1 Å². The number of hydrogen-bond acceptors (Lipinski definition) is 6. The van der Waals surface area contributed by atoms with Gasteiger partial charge in [-0.3, -0.25) is 4.79 Å². The van der Waals surface area contributed by atoms with Gasteiger partial charge >= 0.3 is 0 Å². The summed E-state index contributed by atoms with van der Waals surface area (Å²) in [6.45, 7) is 4.50. The van der Waals surface area contributed by atoms with Crippen LogP contribution in [0.2, 0.25) is 0 Å². The number of nitrogens with zero attached hydrogens (tertiary/aromatic N) is 3. The lowest BCUT2D eigenvalue weighted by atomic mass is 9.96. The van der Waals surface area contributed by atoms with Gasteiger partial charge in [0.15, 0.2) is 5.82 Å². The summed E-state index contributed by atoms with van der Waals surface area (Å²) >= 11 is 0. The van der Waals surface area contributed by atoms with Crippen LogP contribution in [0.3, 0.4) is 0 Å². The van der Waals surface area contributed by atoms with Crippen molar-refractivity contribution in [3.8, 4) is 11.5 Å². The predicted octanol–water partition coefficient (Wildman–Crippen LogP) is 2.95. The zero-order valence-corrected chi connectivity index (χ0v) is 16.7. The lowest BCUT2D eigenvalue weighted by Gasteiger charge is -2.34. The van der Waals surface area contributed by atoms with E-state index in [4.69, 9.17) is 9.26 Å². The molecule has 2 atom stereocenters. The van der Waals surface area contributed by atoms with Crippen LogP contribution in [0.5, 0.6) is 0 Å². The molecule has 1 aromatic carbocycles. The number of ether oxygens (including phenoxy) is 1. The van der Waals surface area contributed by atoms with Gasteiger partial charge in [0.1, 0.15) is 5.82 Å². The Kier molecular flexibility index (Phi) is 6.08. The largest absolute Gasteiger partial charge is 0.376 e. The summed E-state index contributed by atoms with van der Waals surface area (Å²) in [4.78, 5) is 18.8. The van der Waals surface area contributed by atoms with Crippen LogP contribution in [0.4, 0.5) is 10.1 Å². The van der Waals surface area contributed by atoms with Crippen molar-refractivity contribution in [3.63, 3.8) is 0 Å². The van der Waals surface area contributed by atoms with Crippen LogP contribution in [0.1, 0.15) is 38.4 Å². The molecule has 2 fully saturated rings. The van der Waals surface area contributed by atoms with Crippen molar-refractivity contribution in [3.05, 3.63) is 29.8 Å². The molecule has 2 unspecified atom stereocenters. The Hall–Kier alpha value is -2.48. The van der Waals surface area contributed by atoms with Gasteiger partial charge in [-0.15, -0.1) is 0 Å². The molecule has 7 nitrogen and oxygen atoms in total. The first-order valence-electron chi connectivity index (χ1n) is 10.4. The van der Waals surface area contributed by atoms with Gasteiger partial charge in [0, 0.05) is 38.2 Å². The second-order valence-corrected chi connectivity index (χ2v) is 7.70. The molecule has 0 aliphatic carbocycles. The molecular weight excluding hydrogens is 375 g/mol. The topological polar surface area (TPSA) is 80.5 Å². The van der Waals surface area contributed by atoms with E-state index < -0.39 is 0 Å². The minimum absolute atomic E-state index is 0.0279. The molecule has 8 heteroatoms. The van der Waals surface area contributed by atoms with Gasteiger partial charge in [-0.25, -0.2) is 4.39 Å². The number of hydrogen-bond donors (Lipinski definition) is 1. The minimum atomic E-state index is -0.348. The van der Waals surface area contributed by atoms with Crippen LogP contribution in [-0.4, -0.2) is 48.4 Å². The van der Waals surface area contributed by atoms with Gasteiger partial charge in [0.2, 0.25) is 5.91 Å². The van der Waals surface area contributed by atoms with Crippen LogP contribution in [0.25, 0.3) is 11.5 Å². The van der Waals surface area contributed by atoms with E-state index in [0.717, 1.165) is 38.8 Å². The highest BCUT2D eigenvalue weighted by molar-refractivity contribution is 5.79. The first kappa shape index (κ1) is 19.8. The quantitative estimate of drug-likeness (QED) is 0.800. The maximum atomic E-state index is 14.8. The average Bonchev–Trinajstić information content (AvgIpc) is 3.44. The Morgan fingerprint density at radius 3 is 2.97 bits per heavy atom. The molecule has 29 heavy (non-hydrogen) atoms. The molecule has 2 saturated heterocycles. The van der Waals surface area contributed by atoms with E-state index in [0.29, 0.717) is 42.5 Å². The predicted molar refractivity (Wildman–Crippen MR) is 106 cm³/mol. The zero-order valence-electron chi connectivity index (χ0n) is 16.7. The molecule has 1 amide bonds. The van der Waals surface area contributed by atoms with Gasteiger partial charge < -0.3 is 19.5 Å². The summed E-state index contributed by atoms with van der Waals surface area (Å²) in [5.41, 5.74) is 1.06. The van der Waals surface area contributed by atoms with Gasteiger partial charge in [0.25, 0.3) is 5.89 Å². The molecule has 1 aromatic heterocycles. The Labute approximate surface area is 169 Å². The molecule has 0 radical (unpaired) electrons. The smallest absolute Gasteiger partial charge is 0.258 e. The fourth-order valence-corrected chi connectivity index (χ4v) is 3.99. The number of aromatic nitrogens is 2. The molecular formula is C21H27FN4O3. The molecule has 2 aliphatic heterocycles. The van der Waals surface area contributed by atoms with E-state index in [1.54, 1.807) is 12.1 Å².